The third kappa shape index (κ3) is 3.17. The predicted octanol–water partition coefficient (Wildman–Crippen LogP) is 4.36. The lowest BCUT2D eigenvalue weighted by Gasteiger charge is -2.08. The highest BCUT2D eigenvalue weighted by Crippen LogP contribution is 2.36. The van der Waals surface area contributed by atoms with Crippen LogP contribution in [0.15, 0.2) is 59.7 Å². The van der Waals surface area contributed by atoms with Crippen LogP contribution < -0.4 is 10.3 Å². The molecule has 28 heavy (non-hydrogen) atoms. The first-order chi connectivity index (χ1) is 13.6. The second-order valence-electron chi connectivity index (χ2n) is 6.44. The minimum atomic E-state index is -0.0884. The van der Waals surface area contributed by atoms with Crippen LogP contribution in [0.25, 0.3) is 21.3 Å². The van der Waals surface area contributed by atoms with E-state index in [2.05, 4.69) is 11.1 Å². The van der Waals surface area contributed by atoms with Crippen molar-refractivity contribution in [3.8, 4) is 22.9 Å². The first kappa shape index (κ1) is 18.0. The van der Waals surface area contributed by atoms with E-state index in [1.165, 1.54) is 11.3 Å². The van der Waals surface area contributed by atoms with Crippen molar-refractivity contribution in [3.05, 3.63) is 81.2 Å². The number of fused-ring (bicyclic) bond motifs is 1. The Kier molecular flexibility index (Phi) is 4.68. The van der Waals surface area contributed by atoms with E-state index in [-0.39, 0.29) is 5.56 Å². The summed E-state index contributed by atoms with van der Waals surface area (Å²) in [6.45, 7) is 2.37. The van der Waals surface area contributed by atoms with Gasteiger partial charge in [0, 0.05) is 10.4 Å². The predicted molar refractivity (Wildman–Crippen MR) is 111 cm³/mol. The maximum absolute atomic E-state index is 13.3. The van der Waals surface area contributed by atoms with E-state index in [1.807, 2.05) is 43.3 Å². The number of ether oxygens (including phenoxy) is 1. The van der Waals surface area contributed by atoms with Crippen LogP contribution in [-0.2, 0) is 6.54 Å². The van der Waals surface area contributed by atoms with Crippen molar-refractivity contribution < 1.29 is 4.74 Å². The van der Waals surface area contributed by atoms with Crippen molar-refractivity contribution in [2.75, 3.05) is 7.11 Å². The zero-order chi connectivity index (χ0) is 19.7. The van der Waals surface area contributed by atoms with Gasteiger partial charge in [-0.3, -0.25) is 9.36 Å². The minimum Gasteiger partial charge on any atom is -0.497 e. The summed E-state index contributed by atoms with van der Waals surface area (Å²) >= 11 is 1.51. The number of aromatic nitrogens is 2. The second-order valence-corrected chi connectivity index (χ2v) is 7.64. The van der Waals surface area contributed by atoms with E-state index in [1.54, 1.807) is 30.1 Å². The van der Waals surface area contributed by atoms with Crippen molar-refractivity contribution >= 4 is 21.6 Å². The van der Waals surface area contributed by atoms with Crippen LogP contribution in [0.1, 0.15) is 16.0 Å². The molecule has 6 heteroatoms. The first-order valence-corrected chi connectivity index (χ1v) is 9.54. The van der Waals surface area contributed by atoms with Gasteiger partial charge in [0.1, 0.15) is 10.6 Å². The largest absolute Gasteiger partial charge is 0.497 e. The Balaban J connectivity index is 1.86. The van der Waals surface area contributed by atoms with Crippen LogP contribution in [0, 0.1) is 18.3 Å². The Labute approximate surface area is 166 Å². The Hall–Kier alpha value is -3.43. The van der Waals surface area contributed by atoms with Crippen LogP contribution in [-0.4, -0.2) is 16.7 Å². The zero-order valence-corrected chi connectivity index (χ0v) is 16.3. The van der Waals surface area contributed by atoms with E-state index in [4.69, 9.17) is 10.00 Å². The van der Waals surface area contributed by atoms with Gasteiger partial charge in [-0.25, -0.2) is 4.98 Å². The Bertz CT molecular complexity index is 1280. The molecule has 2 aromatic carbocycles. The Morgan fingerprint density at radius 1 is 1.21 bits per heavy atom. The fraction of sp³-hybridized carbons (Fsp3) is 0.136. The summed E-state index contributed by atoms with van der Waals surface area (Å²) in [4.78, 5) is 19.6. The molecule has 0 aliphatic rings. The average molecular weight is 387 g/mol. The summed E-state index contributed by atoms with van der Waals surface area (Å²) in [6.07, 6.45) is 1.58. The fourth-order valence-electron chi connectivity index (χ4n) is 3.31. The van der Waals surface area contributed by atoms with Gasteiger partial charge in [0.25, 0.3) is 5.56 Å². The zero-order valence-electron chi connectivity index (χ0n) is 15.5. The number of nitriles is 1. The lowest BCUT2D eigenvalue weighted by molar-refractivity contribution is 0.415. The Morgan fingerprint density at radius 3 is 2.82 bits per heavy atom. The van der Waals surface area contributed by atoms with Crippen LogP contribution >= 0.6 is 11.3 Å². The molecular weight excluding hydrogens is 370 g/mol. The molecule has 4 aromatic rings. The van der Waals surface area contributed by atoms with Gasteiger partial charge in [0.05, 0.1) is 37.0 Å². The van der Waals surface area contributed by atoms with Gasteiger partial charge < -0.3 is 4.74 Å². The first-order valence-electron chi connectivity index (χ1n) is 8.72. The minimum absolute atomic E-state index is 0.0884. The van der Waals surface area contributed by atoms with E-state index in [0.717, 1.165) is 32.1 Å². The maximum Gasteiger partial charge on any atom is 0.263 e. The number of rotatable bonds is 4. The molecule has 4 rings (SSSR count). The van der Waals surface area contributed by atoms with E-state index >= 15 is 0 Å². The molecule has 0 amide bonds. The second kappa shape index (κ2) is 7.29. The molecular formula is C22H17N3O2S. The number of benzene rings is 2. The number of thiophene rings is 1. The monoisotopic (exact) mass is 387 g/mol. The number of methoxy groups -OCH3 is 1. The van der Waals surface area contributed by atoms with Gasteiger partial charge in [0.15, 0.2) is 0 Å². The van der Waals surface area contributed by atoms with Gasteiger partial charge >= 0.3 is 0 Å². The van der Waals surface area contributed by atoms with Crippen molar-refractivity contribution in [1.29, 1.82) is 5.26 Å². The lowest BCUT2D eigenvalue weighted by Crippen LogP contribution is -2.21. The summed E-state index contributed by atoms with van der Waals surface area (Å²) in [5.41, 5.74) is 3.21. The molecule has 0 unspecified atom stereocenters. The highest BCUT2D eigenvalue weighted by atomic mass is 32.1. The highest BCUT2D eigenvalue weighted by Gasteiger charge is 2.17. The van der Waals surface area contributed by atoms with Crippen molar-refractivity contribution in [1.82, 2.24) is 9.55 Å². The smallest absolute Gasteiger partial charge is 0.263 e. The van der Waals surface area contributed by atoms with E-state index in [0.29, 0.717) is 17.5 Å². The summed E-state index contributed by atoms with van der Waals surface area (Å²) in [6, 6.07) is 17.1. The molecule has 0 N–H and O–H groups in total. The molecule has 0 saturated carbocycles. The maximum atomic E-state index is 13.3. The van der Waals surface area contributed by atoms with Crippen LogP contribution in [0.4, 0.5) is 0 Å². The van der Waals surface area contributed by atoms with E-state index < -0.39 is 0 Å². The van der Waals surface area contributed by atoms with Crippen molar-refractivity contribution in [2.45, 2.75) is 13.5 Å². The quantitative estimate of drug-likeness (QED) is 0.522. The third-order valence-corrected chi connectivity index (χ3v) is 5.64. The van der Waals surface area contributed by atoms with Crippen molar-refractivity contribution in [2.24, 2.45) is 0 Å². The van der Waals surface area contributed by atoms with Crippen LogP contribution in [0.5, 0.6) is 5.75 Å². The number of nitrogens with zero attached hydrogens (tertiary/aromatic N) is 3. The summed E-state index contributed by atoms with van der Waals surface area (Å²) in [5.74, 6) is 0.744. The Morgan fingerprint density at radius 2 is 2.04 bits per heavy atom. The molecule has 138 valence electrons. The standard InChI is InChI=1S/C22H17N3O2S/c1-14-19(17-7-4-8-18(10-17)27-2)20-21(28-14)24-13-25(22(20)26)12-16-6-3-5-15(9-16)11-23/h3-10,13H,12H2,1-2H3. The van der Waals surface area contributed by atoms with Crippen molar-refractivity contribution in [3.63, 3.8) is 0 Å². The summed E-state index contributed by atoms with van der Waals surface area (Å²) in [5, 5.41) is 9.71. The van der Waals surface area contributed by atoms with Gasteiger partial charge in [-0.2, -0.15) is 5.26 Å². The van der Waals surface area contributed by atoms with Gasteiger partial charge in [-0.05, 0) is 42.3 Å². The topological polar surface area (TPSA) is 67.9 Å². The summed E-state index contributed by atoms with van der Waals surface area (Å²) < 4.78 is 6.93. The normalized spacial score (nSPS) is 10.8. The molecule has 0 aliphatic carbocycles. The molecule has 0 saturated heterocycles. The fourth-order valence-corrected chi connectivity index (χ4v) is 4.32. The number of aryl methyl sites for hydroxylation is 1. The molecule has 0 atom stereocenters. The average Bonchev–Trinajstić information content (AvgIpc) is 3.07. The lowest BCUT2D eigenvalue weighted by atomic mass is 10.0. The number of hydrogen-bond acceptors (Lipinski definition) is 5. The molecule has 2 aromatic heterocycles. The molecule has 0 aliphatic heterocycles. The van der Waals surface area contributed by atoms with Gasteiger partial charge in [-0.1, -0.05) is 24.3 Å². The molecule has 0 spiro atoms. The SMILES string of the molecule is COc1cccc(-c2c(C)sc3ncn(Cc4cccc(C#N)c4)c(=O)c23)c1. The van der Waals surface area contributed by atoms with Crippen LogP contribution in [0.2, 0.25) is 0 Å². The van der Waals surface area contributed by atoms with Gasteiger partial charge in [-0.15, -0.1) is 11.3 Å². The molecule has 0 fully saturated rings. The highest BCUT2D eigenvalue weighted by molar-refractivity contribution is 7.19. The molecule has 5 nitrogen and oxygen atoms in total. The van der Waals surface area contributed by atoms with E-state index in [9.17, 15) is 4.79 Å². The third-order valence-electron chi connectivity index (χ3n) is 4.62. The van der Waals surface area contributed by atoms with Gasteiger partial charge in [0.2, 0.25) is 0 Å². The molecule has 0 radical (unpaired) electrons. The number of hydrogen-bond donors (Lipinski definition) is 0. The molecule has 2 heterocycles. The van der Waals surface area contributed by atoms with Crippen LogP contribution in [0.3, 0.4) is 0 Å². The molecule has 0 bridgehead atoms. The summed E-state index contributed by atoms with van der Waals surface area (Å²) in [7, 11) is 1.63.